The Morgan fingerprint density at radius 3 is 2.86 bits per heavy atom. The smallest absolute Gasteiger partial charge is 0.0815 e. The van der Waals surface area contributed by atoms with Gasteiger partial charge in [0, 0.05) is 10.7 Å². The Kier molecular flexibility index (Phi) is 4.86. The van der Waals surface area contributed by atoms with Crippen LogP contribution in [0.4, 0.5) is 5.69 Å². The summed E-state index contributed by atoms with van der Waals surface area (Å²) in [5.74, 6) is 0. The third kappa shape index (κ3) is 3.80. The second kappa shape index (κ2) is 6.84. The summed E-state index contributed by atoms with van der Waals surface area (Å²) in [4.78, 5) is 0. The largest absolute Gasteiger partial charge is 0.378 e. The Bertz CT molecular complexity index is 605. The number of benzene rings is 1. The van der Waals surface area contributed by atoms with Crippen molar-refractivity contribution in [1.29, 1.82) is 0 Å². The van der Waals surface area contributed by atoms with Crippen LogP contribution >= 0.6 is 27.5 Å². The van der Waals surface area contributed by atoms with Gasteiger partial charge in [-0.15, -0.1) is 0 Å². The van der Waals surface area contributed by atoms with Crippen molar-refractivity contribution in [1.82, 2.24) is 9.78 Å². The number of nitrogens with zero attached hydrogens (tertiary/aromatic N) is 2. The van der Waals surface area contributed by atoms with Gasteiger partial charge in [-0.2, -0.15) is 5.10 Å². The molecule has 1 aliphatic rings. The van der Waals surface area contributed by atoms with Crippen molar-refractivity contribution in [3.63, 3.8) is 0 Å². The van der Waals surface area contributed by atoms with Crippen molar-refractivity contribution in [3.05, 3.63) is 45.7 Å². The van der Waals surface area contributed by atoms with Crippen LogP contribution in [0, 0.1) is 0 Å². The third-order valence-electron chi connectivity index (χ3n) is 4.00. The average molecular weight is 369 g/mol. The molecule has 3 nitrogen and oxygen atoms in total. The Morgan fingerprint density at radius 2 is 2.05 bits per heavy atom. The fourth-order valence-corrected chi connectivity index (χ4v) is 3.38. The number of hydrogen-bond donors (Lipinski definition) is 1. The van der Waals surface area contributed by atoms with Gasteiger partial charge in [0.05, 0.1) is 29.0 Å². The summed E-state index contributed by atoms with van der Waals surface area (Å²) in [6.45, 7) is 0.690. The van der Waals surface area contributed by atoms with E-state index in [1.165, 1.54) is 32.1 Å². The van der Waals surface area contributed by atoms with Crippen LogP contribution < -0.4 is 5.32 Å². The maximum Gasteiger partial charge on any atom is 0.0815 e. The van der Waals surface area contributed by atoms with Crippen molar-refractivity contribution in [3.8, 4) is 0 Å². The molecule has 0 bridgehead atoms. The minimum Gasteiger partial charge on any atom is -0.378 e. The lowest BCUT2D eigenvalue weighted by atomic mass is 9.96. The minimum atomic E-state index is 0.585. The molecule has 1 N–H and O–H groups in total. The van der Waals surface area contributed by atoms with Crippen molar-refractivity contribution >= 4 is 33.2 Å². The summed E-state index contributed by atoms with van der Waals surface area (Å²) in [6, 6.07) is 8.48. The quantitative estimate of drug-likeness (QED) is 0.781. The zero-order valence-electron chi connectivity index (χ0n) is 11.9. The van der Waals surface area contributed by atoms with Gasteiger partial charge >= 0.3 is 0 Å². The first-order valence-corrected chi connectivity index (χ1v) is 8.62. The van der Waals surface area contributed by atoms with Crippen LogP contribution in [0.5, 0.6) is 0 Å². The van der Waals surface area contributed by atoms with E-state index in [4.69, 9.17) is 16.7 Å². The van der Waals surface area contributed by atoms with Crippen molar-refractivity contribution < 1.29 is 0 Å². The van der Waals surface area contributed by atoms with Crippen LogP contribution in [0.15, 0.2) is 34.9 Å². The van der Waals surface area contributed by atoms with Crippen LogP contribution in [0.2, 0.25) is 5.02 Å². The number of rotatable bonds is 4. The van der Waals surface area contributed by atoms with E-state index >= 15 is 0 Å². The molecule has 1 heterocycles. The molecule has 0 atom stereocenters. The highest BCUT2D eigenvalue weighted by molar-refractivity contribution is 9.10. The van der Waals surface area contributed by atoms with Gasteiger partial charge in [-0.1, -0.05) is 46.8 Å². The number of anilines is 1. The molecular formula is C16H19BrClN3. The molecule has 5 heteroatoms. The van der Waals surface area contributed by atoms with Crippen LogP contribution in [0.25, 0.3) is 0 Å². The molecule has 3 rings (SSSR count). The first-order valence-electron chi connectivity index (χ1n) is 7.45. The molecule has 0 amide bonds. The second-order valence-corrected chi connectivity index (χ2v) is 6.88. The molecule has 0 unspecified atom stereocenters. The standard InChI is InChI=1S/C16H19BrClN3/c17-12-6-7-15(18)16(10-12)19-11-13-8-9-21(20-13)14-4-2-1-3-5-14/h6-10,14,19H,1-5,11H2. The molecule has 1 fully saturated rings. The highest BCUT2D eigenvalue weighted by Crippen LogP contribution is 2.28. The van der Waals surface area contributed by atoms with Crippen LogP contribution in [0.1, 0.15) is 43.8 Å². The van der Waals surface area contributed by atoms with Gasteiger partial charge in [-0.05, 0) is 37.1 Å². The fourth-order valence-electron chi connectivity index (χ4n) is 2.84. The predicted molar refractivity (Wildman–Crippen MR) is 90.8 cm³/mol. The lowest BCUT2D eigenvalue weighted by Crippen LogP contribution is -2.13. The van der Waals surface area contributed by atoms with Crippen molar-refractivity contribution in [2.45, 2.75) is 44.7 Å². The summed E-state index contributed by atoms with van der Waals surface area (Å²) in [5.41, 5.74) is 1.98. The van der Waals surface area contributed by atoms with Crippen LogP contribution in [-0.2, 0) is 6.54 Å². The molecule has 2 aromatic rings. The van der Waals surface area contributed by atoms with Gasteiger partial charge in [0.25, 0.3) is 0 Å². The summed E-state index contributed by atoms with van der Waals surface area (Å²) in [7, 11) is 0. The predicted octanol–water partition coefficient (Wildman–Crippen LogP) is 5.42. The molecule has 0 radical (unpaired) electrons. The second-order valence-electron chi connectivity index (χ2n) is 5.56. The van der Waals surface area contributed by atoms with Gasteiger partial charge < -0.3 is 5.32 Å². The molecule has 0 aliphatic heterocycles. The Labute approximate surface area is 138 Å². The molecule has 21 heavy (non-hydrogen) atoms. The summed E-state index contributed by atoms with van der Waals surface area (Å²) >= 11 is 9.64. The van der Waals surface area contributed by atoms with Crippen molar-refractivity contribution in [2.24, 2.45) is 0 Å². The van der Waals surface area contributed by atoms with E-state index in [1.807, 2.05) is 18.2 Å². The maximum absolute atomic E-state index is 6.18. The molecule has 1 aliphatic carbocycles. The van der Waals surface area contributed by atoms with Crippen LogP contribution in [-0.4, -0.2) is 9.78 Å². The zero-order chi connectivity index (χ0) is 14.7. The first kappa shape index (κ1) is 14.9. The Balaban J connectivity index is 1.63. The topological polar surface area (TPSA) is 29.9 Å². The van der Waals surface area contributed by atoms with Gasteiger partial charge in [-0.25, -0.2) is 0 Å². The van der Waals surface area contributed by atoms with Gasteiger partial charge in [-0.3, -0.25) is 4.68 Å². The van der Waals surface area contributed by atoms with E-state index in [-0.39, 0.29) is 0 Å². The van der Waals surface area contributed by atoms with E-state index in [0.29, 0.717) is 12.6 Å². The van der Waals surface area contributed by atoms with E-state index in [1.54, 1.807) is 0 Å². The highest BCUT2D eigenvalue weighted by Gasteiger charge is 2.15. The van der Waals surface area contributed by atoms with E-state index in [9.17, 15) is 0 Å². The van der Waals surface area contributed by atoms with Gasteiger partial charge in [0.1, 0.15) is 0 Å². The van der Waals surface area contributed by atoms with E-state index in [0.717, 1.165) is 20.9 Å². The van der Waals surface area contributed by atoms with E-state index in [2.05, 4.69) is 38.2 Å². The third-order valence-corrected chi connectivity index (χ3v) is 4.82. The number of aromatic nitrogens is 2. The molecule has 0 spiro atoms. The number of nitrogens with one attached hydrogen (secondary N) is 1. The number of halogens is 2. The lowest BCUT2D eigenvalue weighted by molar-refractivity contribution is 0.328. The first-order chi connectivity index (χ1) is 10.2. The molecule has 112 valence electrons. The Hall–Kier alpha value is -1.00. The van der Waals surface area contributed by atoms with Gasteiger partial charge in [0.15, 0.2) is 0 Å². The minimum absolute atomic E-state index is 0.585. The SMILES string of the molecule is Clc1ccc(Br)cc1NCc1ccn(C2CCCCC2)n1. The van der Waals surface area contributed by atoms with Crippen molar-refractivity contribution in [2.75, 3.05) is 5.32 Å². The monoisotopic (exact) mass is 367 g/mol. The molecule has 0 saturated heterocycles. The van der Waals surface area contributed by atoms with Gasteiger partial charge in [0.2, 0.25) is 0 Å². The highest BCUT2D eigenvalue weighted by atomic mass is 79.9. The zero-order valence-corrected chi connectivity index (χ0v) is 14.2. The molecule has 1 aromatic heterocycles. The molecule has 1 aromatic carbocycles. The van der Waals surface area contributed by atoms with Crippen LogP contribution in [0.3, 0.4) is 0 Å². The average Bonchev–Trinajstić information content (AvgIpc) is 2.98. The maximum atomic E-state index is 6.18. The summed E-state index contributed by atoms with van der Waals surface area (Å²) in [6.07, 6.45) is 8.64. The molecule has 1 saturated carbocycles. The molecular weight excluding hydrogens is 350 g/mol. The normalized spacial score (nSPS) is 16.1. The Morgan fingerprint density at radius 1 is 1.24 bits per heavy atom. The van der Waals surface area contributed by atoms with E-state index < -0.39 is 0 Å². The fraction of sp³-hybridized carbons (Fsp3) is 0.438. The summed E-state index contributed by atoms with van der Waals surface area (Å²) in [5, 5.41) is 8.78. The lowest BCUT2D eigenvalue weighted by Gasteiger charge is -2.21. The number of hydrogen-bond acceptors (Lipinski definition) is 2. The summed E-state index contributed by atoms with van der Waals surface area (Å²) < 4.78 is 3.15.